The second-order valence-corrected chi connectivity index (χ2v) is 4.42. The molecule has 2 rings (SSSR count). The zero-order valence-corrected chi connectivity index (χ0v) is 11.7. The molecule has 7 nitrogen and oxygen atoms in total. The smallest absolute Gasteiger partial charge is 0.224 e. The zero-order valence-electron chi connectivity index (χ0n) is 11.7. The number of nitrogens with one attached hydrogen (secondary N) is 2. The fraction of sp³-hybridized carbons (Fsp3) is 0.500. The van der Waals surface area contributed by atoms with Crippen molar-refractivity contribution in [3.8, 4) is 0 Å². The monoisotopic (exact) mass is 261 g/mol. The molecule has 0 aliphatic carbocycles. The highest BCUT2D eigenvalue weighted by atomic mass is 15.3. The molecule has 1 unspecified atom stereocenters. The standard InChI is InChI=1S/C12H19N7/c1-5-13-12-14-6-8(2)10(17-12)16-9(3)11-18-15-7-19(11)4/h6-7,9H,5H2,1-4H3,(H2,13,14,16,17). The van der Waals surface area contributed by atoms with Crippen LogP contribution in [0.5, 0.6) is 0 Å². The van der Waals surface area contributed by atoms with Crippen molar-refractivity contribution in [2.45, 2.75) is 26.8 Å². The van der Waals surface area contributed by atoms with Crippen LogP contribution in [0.3, 0.4) is 0 Å². The first kappa shape index (κ1) is 13.3. The normalized spacial score (nSPS) is 12.2. The SMILES string of the molecule is CCNc1ncc(C)c(NC(C)c2nncn2C)n1. The number of aryl methyl sites for hydroxylation is 2. The van der Waals surface area contributed by atoms with Gasteiger partial charge in [0.05, 0.1) is 6.04 Å². The summed E-state index contributed by atoms with van der Waals surface area (Å²) in [6, 6.07) is 0.0237. The summed E-state index contributed by atoms with van der Waals surface area (Å²) < 4.78 is 1.89. The molecular weight excluding hydrogens is 242 g/mol. The summed E-state index contributed by atoms with van der Waals surface area (Å²) in [4.78, 5) is 8.67. The molecule has 2 N–H and O–H groups in total. The zero-order chi connectivity index (χ0) is 13.8. The number of anilines is 2. The Kier molecular flexibility index (Phi) is 3.94. The molecule has 0 saturated heterocycles. The summed E-state index contributed by atoms with van der Waals surface area (Å²) in [5.74, 6) is 2.30. The van der Waals surface area contributed by atoms with Crippen molar-refractivity contribution in [1.82, 2.24) is 24.7 Å². The average Bonchev–Trinajstić information content (AvgIpc) is 2.80. The minimum Gasteiger partial charge on any atom is -0.360 e. The largest absolute Gasteiger partial charge is 0.360 e. The Hall–Kier alpha value is -2.18. The number of hydrogen-bond donors (Lipinski definition) is 2. The van der Waals surface area contributed by atoms with Gasteiger partial charge in [0.1, 0.15) is 12.1 Å². The predicted octanol–water partition coefficient (Wildman–Crippen LogP) is 1.52. The molecule has 0 radical (unpaired) electrons. The summed E-state index contributed by atoms with van der Waals surface area (Å²) in [6.07, 6.45) is 3.49. The van der Waals surface area contributed by atoms with Gasteiger partial charge in [0.15, 0.2) is 5.82 Å². The number of hydrogen-bond acceptors (Lipinski definition) is 6. The Morgan fingerprint density at radius 1 is 1.42 bits per heavy atom. The van der Waals surface area contributed by atoms with E-state index in [1.165, 1.54) is 0 Å². The van der Waals surface area contributed by atoms with Gasteiger partial charge in [-0.05, 0) is 20.8 Å². The molecule has 1 atom stereocenters. The highest BCUT2D eigenvalue weighted by Gasteiger charge is 2.13. The third-order valence-electron chi connectivity index (χ3n) is 2.79. The van der Waals surface area contributed by atoms with Crippen LogP contribution in [0, 0.1) is 6.92 Å². The van der Waals surface area contributed by atoms with Crippen molar-refractivity contribution in [2.75, 3.05) is 17.2 Å². The van der Waals surface area contributed by atoms with Crippen molar-refractivity contribution in [2.24, 2.45) is 7.05 Å². The maximum atomic E-state index is 4.45. The van der Waals surface area contributed by atoms with Gasteiger partial charge in [-0.15, -0.1) is 10.2 Å². The highest BCUT2D eigenvalue weighted by Crippen LogP contribution is 2.19. The lowest BCUT2D eigenvalue weighted by molar-refractivity contribution is 0.715. The second-order valence-electron chi connectivity index (χ2n) is 4.42. The number of rotatable bonds is 5. The molecule has 0 spiro atoms. The molecular formula is C12H19N7. The van der Waals surface area contributed by atoms with E-state index in [1.54, 1.807) is 12.5 Å². The number of nitrogens with zero attached hydrogens (tertiary/aromatic N) is 5. The van der Waals surface area contributed by atoms with Gasteiger partial charge in [0.25, 0.3) is 0 Å². The van der Waals surface area contributed by atoms with Gasteiger partial charge in [-0.2, -0.15) is 4.98 Å². The van der Waals surface area contributed by atoms with Crippen molar-refractivity contribution < 1.29 is 0 Å². The lowest BCUT2D eigenvalue weighted by Gasteiger charge is -2.15. The summed E-state index contributed by atoms with van der Waals surface area (Å²) >= 11 is 0. The first-order chi connectivity index (χ1) is 9.11. The molecule has 2 aromatic heterocycles. The van der Waals surface area contributed by atoms with Crippen LogP contribution in [0.15, 0.2) is 12.5 Å². The Balaban J connectivity index is 2.18. The van der Waals surface area contributed by atoms with E-state index in [0.717, 1.165) is 23.8 Å². The van der Waals surface area contributed by atoms with E-state index in [0.29, 0.717) is 5.95 Å². The summed E-state index contributed by atoms with van der Waals surface area (Å²) in [7, 11) is 1.92. The Morgan fingerprint density at radius 2 is 2.21 bits per heavy atom. The third kappa shape index (κ3) is 2.98. The van der Waals surface area contributed by atoms with E-state index in [1.807, 2.05) is 32.4 Å². The maximum Gasteiger partial charge on any atom is 0.224 e. The summed E-state index contributed by atoms with van der Waals surface area (Å²) in [5, 5.41) is 14.4. The molecule has 0 aliphatic rings. The molecule has 0 bridgehead atoms. The first-order valence-electron chi connectivity index (χ1n) is 6.29. The minimum atomic E-state index is 0.0237. The van der Waals surface area contributed by atoms with Crippen molar-refractivity contribution >= 4 is 11.8 Å². The Labute approximate surface area is 112 Å². The first-order valence-corrected chi connectivity index (χ1v) is 6.29. The van der Waals surface area contributed by atoms with Crippen LogP contribution in [0.2, 0.25) is 0 Å². The number of aromatic nitrogens is 5. The van der Waals surface area contributed by atoms with Crippen molar-refractivity contribution in [3.05, 3.63) is 23.9 Å². The molecule has 102 valence electrons. The van der Waals surface area contributed by atoms with Gasteiger partial charge in [-0.1, -0.05) is 0 Å². The fourth-order valence-corrected chi connectivity index (χ4v) is 1.79. The van der Waals surface area contributed by atoms with Crippen LogP contribution >= 0.6 is 0 Å². The van der Waals surface area contributed by atoms with Gasteiger partial charge >= 0.3 is 0 Å². The molecule has 0 amide bonds. The average molecular weight is 261 g/mol. The van der Waals surface area contributed by atoms with Crippen LogP contribution in [-0.4, -0.2) is 31.3 Å². The molecule has 2 heterocycles. The molecule has 0 aromatic carbocycles. The van der Waals surface area contributed by atoms with Gasteiger partial charge in [-0.3, -0.25) is 0 Å². The van der Waals surface area contributed by atoms with Gasteiger partial charge in [-0.25, -0.2) is 4.98 Å². The minimum absolute atomic E-state index is 0.0237. The third-order valence-corrected chi connectivity index (χ3v) is 2.79. The lowest BCUT2D eigenvalue weighted by atomic mass is 10.3. The van der Waals surface area contributed by atoms with E-state index in [2.05, 4.69) is 30.8 Å². The van der Waals surface area contributed by atoms with Crippen LogP contribution in [0.25, 0.3) is 0 Å². The molecule has 0 saturated carbocycles. The van der Waals surface area contributed by atoms with Gasteiger partial charge in [0.2, 0.25) is 5.95 Å². The highest BCUT2D eigenvalue weighted by molar-refractivity contribution is 5.47. The van der Waals surface area contributed by atoms with E-state index in [-0.39, 0.29) is 6.04 Å². The molecule has 0 aliphatic heterocycles. The van der Waals surface area contributed by atoms with Gasteiger partial charge in [0, 0.05) is 25.4 Å². The van der Waals surface area contributed by atoms with E-state index in [9.17, 15) is 0 Å². The van der Waals surface area contributed by atoms with Crippen molar-refractivity contribution in [1.29, 1.82) is 0 Å². The maximum absolute atomic E-state index is 4.45. The van der Waals surface area contributed by atoms with E-state index < -0.39 is 0 Å². The Bertz CT molecular complexity index is 549. The van der Waals surface area contributed by atoms with Gasteiger partial charge < -0.3 is 15.2 Å². The van der Waals surface area contributed by atoms with E-state index in [4.69, 9.17) is 0 Å². The van der Waals surface area contributed by atoms with Crippen LogP contribution in [0.1, 0.15) is 31.3 Å². The fourth-order valence-electron chi connectivity index (χ4n) is 1.79. The van der Waals surface area contributed by atoms with E-state index >= 15 is 0 Å². The molecule has 0 fully saturated rings. The molecule has 2 aromatic rings. The Morgan fingerprint density at radius 3 is 2.84 bits per heavy atom. The quantitative estimate of drug-likeness (QED) is 0.849. The predicted molar refractivity (Wildman–Crippen MR) is 74.0 cm³/mol. The van der Waals surface area contributed by atoms with Crippen molar-refractivity contribution in [3.63, 3.8) is 0 Å². The lowest BCUT2D eigenvalue weighted by Crippen LogP contribution is -2.14. The summed E-state index contributed by atoms with van der Waals surface area (Å²) in [6.45, 7) is 6.81. The van der Waals surface area contributed by atoms with Crippen LogP contribution in [0.4, 0.5) is 11.8 Å². The molecule has 19 heavy (non-hydrogen) atoms. The second kappa shape index (κ2) is 5.64. The van der Waals surface area contributed by atoms with Crippen LogP contribution in [-0.2, 0) is 7.05 Å². The topological polar surface area (TPSA) is 80.5 Å². The van der Waals surface area contributed by atoms with Crippen LogP contribution < -0.4 is 10.6 Å². The molecule has 7 heteroatoms. The summed E-state index contributed by atoms with van der Waals surface area (Å²) in [5.41, 5.74) is 0.996.